The SMILES string of the molecule is CCC1CCC(C2CCC(/C=C/C3CCC(CCc4ccc(F)c(F)c4)CC3)CC2)CC1. The van der Waals surface area contributed by atoms with Crippen LogP contribution in [0.15, 0.2) is 30.4 Å². The van der Waals surface area contributed by atoms with Gasteiger partial charge in [0.25, 0.3) is 0 Å². The molecule has 178 valence electrons. The van der Waals surface area contributed by atoms with E-state index in [0.29, 0.717) is 0 Å². The molecule has 0 nitrogen and oxygen atoms in total. The minimum Gasteiger partial charge on any atom is -0.204 e. The van der Waals surface area contributed by atoms with Gasteiger partial charge in [0, 0.05) is 0 Å². The van der Waals surface area contributed by atoms with Gasteiger partial charge < -0.3 is 0 Å². The van der Waals surface area contributed by atoms with Gasteiger partial charge in [-0.05, 0) is 130 Å². The number of hydrogen-bond donors (Lipinski definition) is 0. The van der Waals surface area contributed by atoms with Crippen molar-refractivity contribution in [3.8, 4) is 0 Å². The highest BCUT2D eigenvalue weighted by Gasteiger charge is 2.30. The molecule has 0 radical (unpaired) electrons. The fourth-order valence-corrected chi connectivity index (χ4v) is 6.93. The normalized spacial score (nSPS) is 34.1. The van der Waals surface area contributed by atoms with Gasteiger partial charge in [-0.3, -0.25) is 0 Å². The Kier molecular flexibility index (Phi) is 8.83. The van der Waals surface area contributed by atoms with E-state index in [0.717, 1.165) is 53.9 Å². The Morgan fingerprint density at radius 1 is 0.688 bits per heavy atom. The first-order valence-electron chi connectivity index (χ1n) is 13.7. The van der Waals surface area contributed by atoms with Crippen LogP contribution in [-0.4, -0.2) is 0 Å². The molecule has 3 saturated carbocycles. The summed E-state index contributed by atoms with van der Waals surface area (Å²) in [4.78, 5) is 0. The van der Waals surface area contributed by atoms with Crippen LogP contribution >= 0.6 is 0 Å². The molecular weight excluding hydrogens is 398 g/mol. The van der Waals surface area contributed by atoms with Crippen LogP contribution in [0.4, 0.5) is 8.78 Å². The van der Waals surface area contributed by atoms with Crippen molar-refractivity contribution in [2.24, 2.45) is 35.5 Å². The summed E-state index contributed by atoms with van der Waals surface area (Å²) in [6.07, 6.45) is 25.4. The van der Waals surface area contributed by atoms with Crippen LogP contribution in [0.5, 0.6) is 0 Å². The fraction of sp³-hybridized carbons (Fsp3) is 0.733. The first-order chi connectivity index (χ1) is 15.6. The molecule has 0 atom stereocenters. The van der Waals surface area contributed by atoms with Crippen LogP contribution in [0, 0.1) is 47.1 Å². The van der Waals surface area contributed by atoms with Crippen molar-refractivity contribution < 1.29 is 8.78 Å². The molecule has 2 heteroatoms. The van der Waals surface area contributed by atoms with Gasteiger partial charge in [0.1, 0.15) is 0 Å². The lowest BCUT2D eigenvalue weighted by molar-refractivity contribution is 0.154. The molecule has 3 fully saturated rings. The molecule has 32 heavy (non-hydrogen) atoms. The van der Waals surface area contributed by atoms with Crippen LogP contribution in [0.3, 0.4) is 0 Å². The molecule has 3 aliphatic rings. The van der Waals surface area contributed by atoms with Gasteiger partial charge in [0.15, 0.2) is 11.6 Å². The van der Waals surface area contributed by atoms with E-state index in [2.05, 4.69) is 19.1 Å². The maximum Gasteiger partial charge on any atom is 0.159 e. The van der Waals surface area contributed by atoms with E-state index >= 15 is 0 Å². The summed E-state index contributed by atoms with van der Waals surface area (Å²) in [5.41, 5.74) is 0.930. The van der Waals surface area contributed by atoms with Crippen molar-refractivity contribution in [1.82, 2.24) is 0 Å². The summed E-state index contributed by atoms with van der Waals surface area (Å²) >= 11 is 0. The Hall–Kier alpha value is -1.18. The quantitative estimate of drug-likeness (QED) is 0.369. The smallest absolute Gasteiger partial charge is 0.159 e. The minimum atomic E-state index is -0.742. The van der Waals surface area contributed by atoms with E-state index in [1.54, 1.807) is 6.07 Å². The van der Waals surface area contributed by atoms with E-state index in [1.165, 1.54) is 95.6 Å². The zero-order valence-corrected chi connectivity index (χ0v) is 20.2. The summed E-state index contributed by atoms with van der Waals surface area (Å²) in [5, 5.41) is 0. The van der Waals surface area contributed by atoms with Crippen LogP contribution in [-0.2, 0) is 6.42 Å². The van der Waals surface area contributed by atoms with Crippen molar-refractivity contribution in [1.29, 1.82) is 0 Å². The predicted octanol–water partition coefficient (Wildman–Crippen LogP) is 9.28. The molecule has 0 aliphatic heterocycles. The summed E-state index contributed by atoms with van der Waals surface area (Å²) in [5.74, 6) is 3.94. The van der Waals surface area contributed by atoms with Crippen molar-refractivity contribution in [3.05, 3.63) is 47.5 Å². The zero-order chi connectivity index (χ0) is 22.3. The molecule has 0 N–H and O–H groups in total. The molecule has 4 rings (SSSR count). The van der Waals surface area contributed by atoms with Gasteiger partial charge in [-0.25, -0.2) is 8.78 Å². The zero-order valence-electron chi connectivity index (χ0n) is 20.2. The molecule has 0 unspecified atom stereocenters. The van der Waals surface area contributed by atoms with Gasteiger partial charge >= 0.3 is 0 Å². The standard InChI is InChI=1S/C30H44F2/c1-2-22-11-16-27(17-12-22)28-18-13-25(14-19-28)8-7-23-3-5-24(6-4-23)9-10-26-15-20-29(31)30(32)21-26/h7-8,15,20-25,27-28H,2-6,9-14,16-19H2,1H3/b8-7+. The van der Waals surface area contributed by atoms with Crippen LogP contribution in [0.1, 0.15) is 102 Å². The molecule has 1 aromatic rings. The Labute approximate surface area is 195 Å². The first-order valence-corrected chi connectivity index (χ1v) is 13.7. The average Bonchev–Trinajstić information content (AvgIpc) is 2.84. The van der Waals surface area contributed by atoms with Gasteiger partial charge in [0.2, 0.25) is 0 Å². The molecule has 0 heterocycles. The summed E-state index contributed by atoms with van der Waals surface area (Å²) in [6, 6.07) is 4.36. The minimum absolute atomic E-state index is 0.714. The number of benzene rings is 1. The second kappa shape index (κ2) is 11.8. The lowest BCUT2D eigenvalue weighted by atomic mass is 9.69. The molecule has 0 bridgehead atoms. The second-order valence-corrected chi connectivity index (χ2v) is 11.3. The molecule has 0 spiro atoms. The van der Waals surface area contributed by atoms with E-state index in [4.69, 9.17) is 0 Å². The fourth-order valence-electron chi connectivity index (χ4n) is 6.93. The van der Waals surface area contributed by atoms with Crippen LogP contribution in [0.2, 0.25) is 0 Å². The van der Waals surface area contributed by atoms with E-state index in [1.807, 2.05) is 0 Å². The Morgan fingerprint density at radius 3 is 1.78 bits per heavy atom. The Balaban J connectivity index is 1.12. The van der Waals surface area contributed by atoms with Crippen molar-refractivity contribution >= 4 is 0 Å². The average molecular weight is 443 g/mol. The van der Waals surface area contributed by atoms with E-state index in [-0.39, 0.29) is 0 Å². The van der Waals surface area contributed by atoms with E-state index < -0.39 is 11.6 Å². The molecule has 1 aromatic carbocycles. The third-order valence-corrected chi connectivity index (χ3v) is 9.32. The molecular formula is C30H44F2. The predicted molar refractivity (Wildman–Crippen MR) is 130 cm³/mol. The second-order valence-electron chi connectivity index (χ2n) is 11.3. The highest BCUT2D eigenvalue weighted by molar-refractivity contribution is 5.18. The summed E-state index contributed by atoms with van der Waals surface area (Å²) in [7, 11) is 0. The maximum atomic E-state index is 13.4. The first kappa shape index (κ1) is 24.0. The Morgan fingerprint density at radius 2 is 1.22 bits per heavy atom. The van der Waals surface area contributed by atoms with Crippen molar-refractivity contribution in [2.45, 2.75) is 103 Å². The van der Waals surface area contributed by atoms with Crippen molar-refractivity contribution in [2.75, 3.05) is 0 Å². The maximum absolute atomic E-state index is 13.4. The van der Waals surface area contributed by atoms with Gasteiger partial charge in [-0.15, -0.1) is 0 Å². The topological polar surface area (TPSA) is 0 Å². The summed E-state index contributed by atoms with van der Waals surface area (Å²) < 4.78 is 26.5. The van der Waals surface area contributed by atoms with Gasteiger partial charge in [-0.1, -0.05) is 44.4 Å². The van der Waals surface area contributed by atoms with Crippen molar-refractivity contribution in [3.63, 3.8) is 0 Å². The van der Waals surface area contributed by atoms with Gasteiger partial charge in [-0.2, -0.15) is 0 Å². The lowest BCUT2D eigenvalue weighted by Gasteiger charge is -2.37. The molecule has 0 amide bonds. The largest absolute Gasteiger partial charge is 0.204 e. The number of hydrogen-bond acceptors (Lipinski definition) is 0. The number of rotatable bonds is 7. The number of halogens is 2. The highest BCUT2D eigenvalue weighted by Crippen LogP contribution is 2.42. The third-order valence-electron chi connectivity index (χ3n) is 9.32. The van der Waals surface area contributed by atoms with E-state index in [9.17, 15) is 8.78 Å². The highest BCUT2D eigenvalue weighted by atomic mass is 19.2. The monoisotopic (exact) mass is 442 g/mol. The van der Waals surface area contributed by atoms with Crippen LogP contribution < -0.4 is 0 Å². The molecule has 0 saturated heterocycles. The van der Waals surface area contributed by atoms with Crippen LogP contribution in [0.25, 0.3) is 0 Å². The van der Waals surface area contributed by atoms with Gasteiger partial charge in [0.05, 0.1) is 0 Å². The molecule has 3 aliphatic carbocycles. The lowest BCUT2D eigenvalue weighted by Crippen LogP contribution is -2.25. The summed E-state index contributed by atoms with van der Waals surface area (Å²) in [6.45, 7) is 2.37. The molecule has 0 aromatic heterocycles. The third kappa shape index (κ3) is 6.67. The number of allylic oxidation sites excluding steroid dienone is 2. The Bertz CT molecular complexity index is 714. The number of aryl methyl sites for hydroxylation is 1.